The minimum atomic E-state index is 0.592. The van der Waals surface area contributed by atoms with Crippen molar-refractivity contribution in [2.24, 2.45) is 0 Å². The third-order valence-corrected chi connectivity index (χ3v) is 1.38. The van der Waals surface area contributed by atoms with Crippen LogP contribution in [0.4, 0.5) is 0 Å². The van der Waals surface area contributed by atoms with Crippen LogP contribution in [0.15, 0.2) is 30.3 Å². The van der Waals surface area contributed by atoms with E-state index in [0.29, 0.717) is 13.2 Å². The highest BCUT2D eigenvalue weighted by molar-refractivity contribution is 5.20. The Labute approximate surface area is 73.1 Å². The number of hydrogen-bond donors (Lipinski definition) is 0. The van der Waals surface area contributed by atoms with Crippen LogP contribution in [-0.4, -0.2) is 13.2 Å². The molecule has 1 aromatic rings. The summed E-state index contributed by atoms with van der Waals surface area (Å²) in [4.78, 5) is 0. The molecular weight excluding hydrogens is 152 g/mol. The summed E-state index contributed by atoms with van der Waals surface area (Å²) in [6.45, 7) is 4.70. The molecule has 0 bridgehead atoms. The third kappa shape index (κ3) is 3.39. The van der Waals surface area contributed by atoms with Gasteiger partial charge < -0.3 is 9.47 Å². The Balaban J connectivity index is 2.16. The topological polar surface area (TPSA) is 18.5 Å². The zero-order chi connectivity index (χ0) is 8.65. The van der Waals surface area contributed by atoms with Gasteiger partial charge in [0.1, 0.15) is 12.4 Å². The Hall–Kier alpha value is -1.02. The number of rotatable bonds is 5. The molecule has 0 aromatic heterocycles. The molecule has 0 unspecified atom stereocenters. The maximum Gasteiger partial charge on any atom is 0.119 e. The molecule has 0 atom stereocenters. The van der Waals surface area contributed by atoms with Crippen molar-refractivity contribution < 1.29 is 9.47 Å². The van der Waals surface area contributed by atoms with Crippen molar-refractivity contribution in [3.05, 3.63) is 36.9 Å². The van der Waals surface area contributed by atoms with Gasteiger partial charge in [0.25, 0.3) is 0 Å². The predicted molar refractivity (Wildman–Crippen MR) is 47.9 cm³/mol. The molecule has 2 heteroatoms. The van der Waals surface area contributed by atoms with Gasteiger partial charge in [0.15, 0.2) is 0 Å². The van der Waals surface area contributed by atoms with Gasteiger partial charge in [0.05, 0.1) is 13.2 Å². The van der Waals surface area contributed by atoms with Crippen LogP contribution in [0, 0.1) is 6.61 Å². The van der Waals surface area contributed by atoms with Gasteiger partial charge in [-0.1, -0.05) is 18.2 Å². The fraction of sp³-hybridized carbons (Fsp3) is 0.300. The lowest BCUT2D eigenvalue weighted by atomic mass is 10.3. The molecule has 0 aliphatic carbocycles. The van der Waals surface area contributed by atoms with Crippen molar-refractivity contribution in [3.8, 4) is 5.75 Å². The Bertz CT molecular complexity index is 196. The lowest BCUT2D eigenvalue weighted by Crippen LogP contribution is -2.04. The molecule has 12 heavy (non-hydrogen) atoms. The molecule has 65 valence electrons. The molecule has 0 fully saturated rings. The summed E-state index contributed by atoms with van der Waals surface area (Å²) in [6.07, 6.45) is 0. The van der Waals surface area contributed by atoms with E-state index in [-0.39, 0.29) is 0 Å². The maximum absolute atomic E-state index is 5.36. The predicted octanol–water partition coefficient (Wildman–Crippen LogP) is 2.26. The molecule has 0 spiro atoms. The van der Waals surface area contributed by atoms with E-state index in [1.54, 1.807) is 6.61 Å². The average molecular weight is 165 g/mol. The van der Waals surface area contributed by atoms with Crippen molar-refractivity contribution in [1.82, 2.24) is 0 Å². The largest absolute Gasteiger partial charge is 0.491 e. The first kappa shape index (κ1) is 9.07. The highest BCUT2D eigenvalue weighted by Gasteiger charge is 1.89. The molecule has 0 N–H and O–H groups in total. The lowest BCUT2D eigenvalue weighted by Gasteiger charge is -2.04. The van der Waals surface area contributed by atoms with Crippen LogP contribution in [0.2, 0.25) is 0 Å². The number of ether oxygens (including phenoxy) is 2. The fourth-order valence-corrected chi connectivity index (χ4v) is 0.842. The van der Waals surface area contributed by atoms with Crippen LogP contribution in [0.5, 0.6) is 5.75 Å². The lowest BCUT2D eigenvalue weighted by molar-refractivity contribution is 0.151. The second kappa shape index (κ2) is 5.61. The first-order chi connectivity index (χ1) is 5.93. The van der Waals surface area contributed by atoms with E-state index >= 15 is 0 Å². The summed E-state index contributed by atoms with van der Waals surface area (Å²) in [5, 5.41) is 0. The smallest absolute Gasteiger partial charge is 0.119 e. The van der Waals surface area contributed by atoms with Crippen LogP contribution < -0.4 is 4.74 Å². The third-order valence-electron chi connectivity index (χ3n) is 1.38. The maximum atomic E-state index is 5.36. The van der Waals surface area contributed by atoms with Crippen LogP contribution in [0.25, 0.3) is 0 Å². The first-order valence-electron chi connectivity index (χ1n) is 4.01. The van der Waals surface area contributed by atoms with Gasteiger partial charge in [-0.25, -0.2) is 0 Å². The van der Waals surface area contributed by atoms with Gasteiger partial charge in [0, 0.05) is 0 Å². The van der Waals surface area contributed by atoms with E-state index in [9.17, 15) is 0 Å². The van der Waals surface area contributed by atoms with Gasteiger partial charge in [-0.3, -0.25) is 0 Å². The zero-order valence-electron chi connectivity index (χ0n) is 7.19. The highest BCUT2D eigenvalue weighted by Crippen LogP contribution is 2.07. The number of para-hydroxylation sites is 1. The van der Waals surface area contributed by atoms with E-state index in [2.05, 4.69) is 0 Å². The van der Waals surface area contributed by atoms with Crippen LogP contribution in [0.3, 0.4) is 0 Å². The zero-order valence-corrected chi connectivity index (χ0v) is 7.19. The molecular formula is C10H13O2. The Kier molecular flexibility index (Phi) is 4.24. The Morgan fingerprint density at radius 3 is 2.58 bits per heavy atom. The quantitative estimate of drug-likeness (QED) is 0.623. The van der Waals surface area contributed by atoms with Gasteiger partial charge in [-0.2, -0.15) is 0 Å². The minimum absolute atomic E-state index is 0.592. The molecule has 0 saturated carbocycles. The van der Waals surface area contributed by atoms with Gasteiger partial charge in [-0.15, -0.1) is 0 Å². The summed E-state index contributed by atoms with van der Waals surface area (Å²) in [5.41, 5.74) is 0. The van der Waals surface area contributed by atoms with Gasteiger partial charge >= 0.3 is 0 Å². The van der Waals surface area contributed by atoms with E-state index in [4.69, 9.17) is 9.47 Å². The van der Waals surface area contributed by atoms with E-state index in [1.807, 2.05) is 37.3 Å². The van der Waals surface area contributed by atoms with E-state index in [1.165, 1.54) is 0 Å². The van der Waals surface area contributed by atoms with Crippen molar-refractivity contribution in [2.45, 2.75) is 6.92 Å². The Morgan fingerprint density at radius 2 is 1.92 bits per heavy atom. The van der Waals surface area contributed by atoms with Crippen molar-refractivity contribution >= 4 is 0 Å². The van der Waals surface area contributed by atoms with Gasteiger partial charge in [0.2, 0.25) is 0 Å². The van der Waals surface area contributed by atoms with Crippen LogP contribution in [0.1, 0.15) is 6.92 Å². The molecule has 0 aliphatic heterocycles. The molecule has 0 saturated heterocycles. The highest BCUT2D eigenvalue weighted by atomic mass is 16.5. The second-order valence-electron chi connectivity index (χ2n) is 2.27. The fourth-order valence-electron chi connectivity index (χ4n) is 0.842. The minimum Gasteiger partial charge on any atom is -0.491 e. The first-order valence-corrected chi connectivity index (χ1v) is 4.01. The van der Waals surface area contributed by atoms with Crippen molar-refractivity contribution in [3.63, 3.8) is 0 Å². The summed E-state index contributed by atoms with van der Waals surface area (Å²) >= 11 is 0. The van der Waals surface area contributed by atoms with Gasteiger partial charge in [-0.05, 0) is 19.1 Å². The van der Waals surface area contributed by atoms with Crippen LogP contribution >= 0.6 is 0 Å². The molecule has 0 amide bonds. The standard InChI is InChI=1S/C10H13O2/c1-2-11-8-9-12-10-6-4-3-5-7-10/h2-7H,8-9H2,1H3. The molecule has 0 heterocycles. The average Bonchev–Trinajstić information content (AvgIpc) is 2.14. The van der Waals surface area contributed by atoms with E-state index in [0.717, 1.165) is 5.75 Å². The van der Waals surface area contributed by atoms with Crippen molar-refractivity contribution in [2.75, 3.05) is 13.2 Å². The normalized spacial score (nSPS) is 9.75. The summed E-state index contributed by atoms with van der Waals surface area (Å²) in [5.74, 6) is 0.886. The summed E-state index contributed by atoms with van der Waals surface area (Å²) < 4.78 is 10.4. The molecule has 1 radical (unpaired) electrons. The molecule has 1 aromatic carbocycles. The van der Waals surface area contributed by atoms with Crippen LogP contribution in [-0.2, 0) is 4.74 Å². The molecule has 2 nitrogen and oxygen atoms in total. The van der Waals surface area contributed by atoms with Crippen molar-refractivity contribution in [1.29, 1.82) is 0 Å². The summed E-state index contributed by atoms with van der Waals surface area (Å²) in [6, 6.07) is 9.71. The van der Waals surface area contributed by atoms with E-state index < -0.39 is 0 Å². The molecule has 0 aliphatic rings. The number of hydrogen-bond acceptors (Lipinski definition) is 2. The summed E-state index contributed by atoms with van der Waals surface area (Å²) in [7, 11) is 0. The second-order valence-corrected chi connectivity index (χ2v) is 2.27. The molecule has 1 rings (SSSR count). The Morgan fingerprint density at radius 1 is 1.17 bits per heavy atom. The monoisotopic (exact) mass is 165 g/mol. The SMILES string of the molecule is C[CH]OCCOc1ccccc1. The number of benzene rings is 1.